The second kappa shape index (κ2) is 2.98. The van der Waals surface area contributed by atoms with Crippen molar-refractivity contribution in [2.45, 2.75) is 6.42 Å². The second-order valence-electron chi connectivity index (χ2n) is 3.49. The number of nitrogens with zero attached hydrogens (tertiary/aromatic N) is 2. The Labute approximate surface area is 86.3 Å². The standard InChI is InChI=1S/C10H10N4O/c11-10-14-13-9(15-10)7-2-1-6-3-4-12-8(6)5-7/h1-2,5,12H,3-4H2,(H2,11,14). The van der Waals surface area contributed by atoms with Gasteiger partial charge in [0.25, 0.3) is 0 Å². The van der Waals surface area contributed by atoms with E-state index in [2.05, 4.69) is 21.6 Å². The van der Waals surface area contributed by atoms with Crippen molar-refractivity contribution in [2.75, 3.05) is 17.6 Å². The Balaban J connectivity index is 2.06. The van der Waals surface area contributed by atoms with E-state index in [1.54, 1.807) is 0 Å². The maximum Gasteiger partial charge on any atom is 0.313 e. The summed E-state index contributed by atoms with van der Waals surface area (Å²) in [6.45, 7) is 0.991. The monoisotopic (exact) mass is 202 g/mol. The van der Waals surface area contributed by atoms with Gasteiger partial charge in [0.2, 0.25) is 5.89 Å². The van der Waals surface area contributed by atoms with Gasteiger partial charge in [0.05, 0.1) is 0 Å². The summed E-state index contributed by atoms with van der Waals surface area (Å²) in [6.07, 6.45) is 1.07. The first-order chi connectivity index (χ1) is 7.33. The van der Waals surface area contributed by atoms with Crippen molar-refractivity contribution in [3.63, 3.8) is 0 Å². The minimum Gasteiger partial charge on any atom is -0.404 e. The number of nitrogens with one attached hydrogen (secondary N) is 1. The van der Waals surface area contributed by atoms with Crippen molar-refractivity contribution in [1.82, 2.24) is 10.2 Å². The number of nitrogen functional groups attached to an aromatic ring is 1. The van der Waals surface area contributed by atoms with Crippen LogP contribution in [0.25, 0.3) is 11.5 Å². The molecule has 0 saturated heterocycles. The van der Waals surface area contributed by atoms with Gasteiger partial charge in [-0.3, -0.25) is 0 Å². The van der Waals surface area contributed by atoms with Crippen molar-refractivity contribution in [2.24, 2.45) is 0 Å². The van der Waals surface area contributed by atoms with Gasteiger partial charge in [0, 0.05) is 17.8 Å². The second-order valence-corrected chi connectivity index (χ2v) is 3.49. The summed E-state index contributed by atoms with van der Waals surface area (Å²) in [5.41, 5.74) is 8.74. The average molecular weight is 202 g/mol. The fourth-order valence-electron chi connectivity index (χ4n) is 1.78. The molecule has 5 heteroatoms. The van der Waals surface area contributed by atoms with Crippen LogP contribution in [0.4, 0.5) is 11.7 Å². The number of fused-ring (bicyclic) bond motifs is 1. The van der Waals surface area contributed by atoms with Gasteiger partial charge in [-0.2, -0.15) is 0 Å². The third kappa shape index (κ3) is 1.32. The summed E-state index contributed by atoms with van der Waals surface area (Å²) in [7, 11) is 0. The van der Waals surface area contributed by atoms with E-state index in [4.69, 9.17) is 10.2 Å². The Bertz CT molecular complexity index is 506. The van der Waals surface area contributed by atoms with Crippen molar-refractivity contribution in [1.29, 1.82) is 0 Å². The van der Waals surface area contributed by atoms with Crippen molar-refractivity contribution in [3.05, 3.63) is 23.8 Å². The van der Waals surface area contributed by atoms with Crippen molar-refractivity contribution < 1.29 is 4.42 Å². The van der Waals surface area contributed by atoms with Crippen LogP contribution in [0.15, 0.2) is 22.6 Å². The molecular weight excluding hydrogens is 192 g/mol. The topological polar surface area (TPSA) is 77.0 Å². The van der Waals surface area contributed by atoms with Crippen LogP contribution < -0.4 is 11.1 Å². The number of hydrogen-bond acceptors (Lipinski definition) is 5. The molecule has 3 rings (SSSR count). The molecule has 2 heterocycles. The number of benzene rings is 1. The lowest BCUT2D eigenvalue weighted by Crippen LogP contribution is -1.91. The van der Waals surface area contributed by atoms with E-state index in [1.807, 2.05) is 12.1 Å². The van der Waals surface area contributed by atoms with Crippen LogP contribution in [0.2, 0.25) is 0 Å². The van der Waals surface area contributed by atoms with Crippen LogP contribution in [0.1, 0.15) is 5.56 Å². The highest BCUT2D eigenvalue weighted by Gasteiger charge is 2.13. The minimum absolute atomic E-state index is 0.0958. The van der Waals surface area contributed by atoms with Crippen LogP contribution in [-0.4, -0.2) is 16.7 Å². The number of nitrogens with two attached hydrogens (primary N) is 1. The molecule has 1 aliphatic heterocycles. The smallest absolute Gasteiger partial charge is 0.313 e. The van der Waals surface area contributed by atoms with Crippen LogP contribution in [0.5, 0.6) is 0 Å². The number of rotatable bonds is 1. The molecule has 15 heavy (non-hydrogen) atoms. The Kier molecular flexibility index (Phi) is 1.65. The molecule has 1 aromatic heterocycles. The summed E-state index contributed by atoms with van der Waals surface area (Å²) in [6, 6.07) is 6.15. The molecule has 0 fully saturated rings. The molecule has 0 spiro atoms. The maximum atomic E-state index is 5.37. The zero-order valence-corrected chi connectivity index (χ0v) is 8.03. The predicted molar refractivity (Wildman–Crippen MR) is 56.3 cm³/mol. The SMILES string of the molecule is Nc1nnc(-c2ccc3c(c2)NCC3)o1. The Morgan fingerprint density at radius 3 is 3.07 bits per heavy atom. The van der Waals surface area contributed by atoms with E-state index in [1.165, 1.54) is 5.56 Å². The van der Waals surface area contributed by atoms with Gasteiger partial charge in [-0.15, -0.1) is 5.10 Å². The quantitative estimate of drug-likeness (QED) is 0.728. The maximum absolute atomic E-state index is 5.37. The highest BCUT2D eigenvalue weighted by Crippen LogP contribution is 2.28. The molecule has 76 valence electrons. The molecule has 1 aliphatic rings. The van der Waals surface area contributed by atoms with E-state index in [0.717, 1.165) is 24.2 Å². The average Bonchev–Trinajstić information content (AvgIpc) is 2.84. The Morgan fingerprint density at radius 1 is 1.33 bits per heavy atom. The molecule has 0 saturated carbocycles. The molecule has 3 N–H and O–H groups in total. The summed E-state index contributed by atoms with van der Waals surface area (Å²) >= 11 is 0. The molecular formula is C10H10N4O. The normalized spacial score (nSPS) is 13.6. The third-order valence-corrected chi connectivity index (χ3v) is 2.51. The van der Waals surface area contributed by atoms with E-state index < -0.39 is 0 Å². The van der Waals surface area contributed by atoms with Crippen LogP contribution in [-0.2, 0) is 6.42 Å². The van der Waals surface area contributed by atoms with E-state index in [9.17, 15) is 0 Å². The van der Waals surface area contributed by atoms with Gasteiger partial charge < -0.3 is 15.5 Å². The van der Waals surface area contributed by atoms with Crippen LogP contribution in [0, 0.1) is 0 Å². The fourth-order valence-corrected chi connectivity index (χ4v) is 1.78. The first kappa shape index (κ1) is 8.28. The van der Waals surface area contributed by atoms with Crippen LogP contribution in [0.3, 0.4) is 0 Å². The predicted octanol–water partition coefficient (Wildman–Crippen LogP) is 1.29. The molecule has 5 nitrogen and oxygen atoms in total. The third-order valence-electron chi connectivity index (χ3n) is 2.51. The first-order valence-electron chi connectivity index (χ1n) is 4.79. The number of aromatic nitrogens is 2. The van der Waals surface area contributed by atoms with Gasteiger partial charge in [0.15, 0.2) is 0 Å². The molecule has 1 aromatic carbocycles. The number of hydrogen-bond donors (Lipinski definition) is 2. The van der Waals surface area contributed by atoms with E-state index in [-0.39, 0.29) is 6.01 Å². The Morgan fingerprint density at radius 2 is 2.27 bits per heavy atom. The molecule has 0 amide bonds. The largest absolute Gasteiger partial charge is 0.404 e. The zero-order chi connectivity index (χ0) is 10.3. The van der Waals surface area contributed by atoms with Gasteiger partial charge >= 0.3 is 6.01 Å². The molecule has 0 unspecified atom stereocenters. The lowest BCUT2D eigenvalue weighted by molar-refractivity contribution is 0.590. The number of anilines is 2. The molecule has 0 radical (unpaired) electrons. The van der Waals surface area contributed by atoms with Crippen molar-refractivity contribution >= 4 is 11.7 Å². The van der Waals surface area contributed by atoms with Crippen LogP contribution >= 0.6 is 0 Å². The highest BCUT2D eigenvalue weighted by atomic mass is 16.4. The minimum atomic E-state index is 0.0958. The molecule has 0 atom stereocenters. The van der Waals surface area contributed by atoms with Gasteiger partial charge in [-0.25, -0.2) is 0 Å². The fraction of sp³-hybridized carbons (Fsp3) is 0.200. The van der Waals surface area contributed by atoms with Gasteiger partial charge in [-0.1, -0.05) is 11.2 Å². The van der Waals surface area contributed by atoms with E-state index >= 15 is 0 Å². The lowest BCUT2D eigenvalue weighted by atomic mass is 10.1. The summed E-state index contributed by atoms with van der Waals surface area (Å²) < 4.78 is 5.16. The Hall–Kier alpha value is -2.04. The zero-order valence-electron chi connectivity index (χ0n) is 8.03. The summed E-state index contributed by atoms with van der Waals surface area (Å²) in [5.74, 6) is 0.462. The molecule has 0 aliphatic carbocycles. The molecule has 0 bridgehead atoms. The van der Waals surface area contributed by atoms with Gasteiger partial charge in [0.1, 0.15) is 0 Å². The lowest BCUT2D eigenvalue weighted by Gasteiger charge is -2.00. The van der Waals surface area contributed by atoms with Gasteiger partial charge in [-0.05, 0) is 24.1 Å². The summed E-state index contributed by atoms with van der Waals surface area (Å²) in [5, 5.41) is 10.8. The van der Waals surface area contributed by atoms with Crippen molar-refractivity contribution in [3.8, 4) is 11.5 Å². The van der Waals surface area contributed by atoms with E-state index in [0.29, 0.717) is 5.89 Å². The molecule has 2 aromatic rings. The summed E-state index contributed by atoms with van der Waals surface area (Å²) in [4.78, 5) is 0. The highest BCUT2D eigenvalue weighted by molar-refractivity contribution is 5.66. The first-order valence-corrected chi connectivity index (χ1v) is 4.79.